The van der Waals surface area contributed by atoms with Crippen molar-refractivity contribution in [2.24, 2.45) is 0 Å². The zero-order valence-electron chi connectivity index (χ0n) is 21.2. The van der Waals surface area contributed by atoms with Crippen LogP contribution in [0.1, 0.15) is 41.2 Å². The van der Waals surface area contributed by atoms with Crippen LogP contribution in [0.3, 0.4) is 0 Å². The molecule has 5 nitrogen and oxygen atoms in total. The van der Waals surface area contributed by atoms with E-state index in [0.717, 1.165) is 28.7 Å². The van der Waals surface area contributed by atoms with Gasteiger partial charge in [0.05, 0.1) is 0 Å². The first-order chi connectivity index (χ1) is 16.9. The molecule has 35 heavy (non-hydrogen) atoms. The van der Waals surface area contributed by atoms with E-state index in [0.29, 0.717) is 25.3 Å². The molecule has 0 aromatic heterocycles. The van der Waals surface area contributed by atoms with Gasteiger partial charge < -0.3 is 15.0 Å². The molecule has 0 aliphatic rings. The first-order valence-corrected chi connectivity index (χ1v) is 12.2. The predicted molar refractivity (Wildman–Crippen MR) is 140 cm³/mol. The topological polar surface area (TPSA) is 58.6 Å². The van der Waals surface area contributed by atoms with Gasteiger partial charge in [-0.2, -0.15) is 0 Å². The fourth-order valence-corrected chi connectivity index (χ4v) is 3.84. The van der Waals surface area contributed by atoms with Gasteiger partial charge in [0, 0.05) is 19.5 Å². The third-order valence-corrected chi connectivity index (χ3v) is 6.13. The van der Waals surface area contributed by atoms with Crippen LogP contribution in [0.25, 0.3) is 0 Å². The molecule has 5 heteroatoms. The van der Waals surface area contributed by atoms with Crippen molar-refractivity contribution in [2.75, 3.05) is 13.2 Å². The number of carbonyl (C=O) groups is 2. The monoisotopic (exact) mass is 472 g/mol. The first kappa shape index (κ1) is 26.0. The minimum Gasteiger partial charge on any atom is -0.484 e. The number of ether oxygens (including phenoxy) is 1. The molecule has 184 valence electrons. The Balaban J connectivity index is 1.88. The molecule has 0 aliphatic heterocycles. The molecule has 2 amide bonds. The Morgan fingerprint density at radius 2 is 1.60 bits per heavy atom. The number of hydrogen-bond donors (Lipinski definition) is 1. The quantitative estimate of drug-likeness (QED) is 0.420. The zero-order valence-corrected chi connectivity index (χ0v) is 21.2. The van der Waals surface area contributed by atoms with Crippen molar-refractivity contribution in [3.05, 3.63) is 101 Å². The highest BCUT2D eigenvalue weighted by atomic mass is 16.5. The summed E-state index contributed by atoms with van der Waals surface area (Å²) in [5, 5.41) is 3.00. The van der Waals surface area contributed by atoms with E-state index in [1.54, 1.807) is 4.90 Å². The maximum atomic E-state index is 13.6. The number of rotatable bonds is 11. The van der Waals surface area contributed by atoms with Crippen molar-refractivity contribution in [2.45, 2.75) is 53.1 Å². The normalized spacial score (nSPS) is 11.5. The van der Waals surface area contributed by atoms with Gasteiger partial charge in [-0.15, -0.1) is 0 Å². The fourth-order valence-electron chi connectivity index (χ4n) is 3.84. The van der Waals surface area contributed by atoms with Crippen LogP contribution in [0, 0.1) is 20.8 Å². The summed E-state index contributed by atoms with van der Waals surface area (Å²) in [6.45, 7) is 8.85. The van der Waals surface area contributed by atoms with Crippen LogP contribution in [0.15, 0.2) is 72.8 Å². The zero-order chi connectivity index (χ0) is 25.2. The average Bonchev–Trinajstić information content (AvgIpc) is 2.87. The maximum Gasteiger partial charge on any atom is 0.261 e. The van der Waals surface area contributed by atoms with Gasteiger partial charge in [-0.3, -0.25) is 9.59 Å². The number of nitrogens with zero attached hydrogens (tertiary/aromatic N) is 1. The fraction of sp³-hybridized carbons (Fsp3) is 0.333. The van der Waals surface area contributed by atoms with E-state index in [1.165, 1.54) is 5.56 Å². The van der Waals surface area contributed by atoms with Crippen molar-refractivity contribution in [1.82, 2.24) is 10.2 Å². The van der Waals surface area contributed by atoms with Crippen molar-refractivity contribution in [3.8, 4) is 5.75 Å². The standard InChI is InChI=1S/C30H36N2O3/c1-5-17-31-30(34)28(19-25-9-7-6-8-10-25)32(20-26-14-11-22(2)12-15-26)29(33)21-35-27-16-13-23(3)24(4)18-27/h6-16,18,28H,5,17,19-21H2,1-4H3,(H,31,34)/t28-/m0/s1. The summed E-state index contributed by atoms with van der Waals surface area (Å²) >= 11 is 0. The highest BCUT2D eigenvalue weighted by Crippen LogP contribution is 2.19. The molecule has 0 saturated carbocycles. The molecule has 0 radical (unpaired) electrons. The van der Waals surface area contributed by atoms with Crippen LogP contribution in [0.4, 0.5) is 0 Å². The van der Waals surface area contributed by atoms with E-state index in [-0.39, 0.29) is 18.4 Å². The van der Waals surface area contributed by atoms with E-state index in [9.17, 15) is 9.59 Å². The van der Waals surface area contributed by atoms with E-state index in [4.69, 9.17) is 4.74 Å². The summed E-state index contributed by atoms with van der Waals surface area (Å²) in [6.07, 6.45) is 1.25. The van der Waals surface area contributed by atoms with Crippen LogP contribution >= 0.6 is 0 Å². The van der Waals surface area contributed by atoms with Gasteiger partial charge in [-0.1, -0.05) is 73.2 Å². The van der Waals surface area contributed by atoms with Gasteiger partial charge in [0.2, 0.25) is 5.91 Å². The summed E-state index contributed by atoms with van der Waals surface area (Å²) in [5.74, 6) is 0.269. The summed E-state index contributed by atoms with van der Waals surface area (Å²) in [4.78, 5) is 28.5. The third-order valence-electron chi connectivity index (χ3n) is 6.13. The van der Waals surface area contributed by atoms with Crippen molar-refractivity contribution in [3.63, 3.8) is 0 Å². The van der Waals surface area contributed by atoms with E-state index in [1.807, 2.05) is 100 Å². The maximum absolute atomic E-state index is 13.6. The molecule has 3 aromatic rings. The lowest BCUT2D eigenvalue weighted by molar-refractivity contribution is -0.142. The van der Waals surface area contributed by atoms with E-state index in [2.05, 4.69) is 5.32 Å². The Bertz CT molecular complexity index is 1110. The smallest absolute Gasteiger partial charge is 0.261 e. The molecule has 1 atom stereocenters. The van der Waals surface area contributed by atoms with Crippen molar-refractivity contribution < 1.29 is 14.3 Å². The number of benzene rings is 3. The van der Waals surface area contributed by atoms with Crippen LogP contribution in [-0.4, -0.2) is 35.9 Å². The van der Waals surface area contributed by atoms with Gasteiger partial charge in [0.1, 0.15) is 11.8 Å². The van der Waals surface area contributed by atoms with E-state index >= 15 is 0 Å². The molecule has 3 aromatic carbocycles. The highest BCUT2D eigenvalue weighted by Gasteiger charge is 2.30. The Labute approximate surface area is 209 Å². The van der Waals surface area contributed by atoms with Crippen LogP contribution in [-0.2, 0) is 22.6 Å². The molecule has 0 fully saturated rings. The summed E-state index contributed by atoms with van der Waals surface area (Å²) in [5.41, 5.74) is 5.39. The van der Waals surface area contributed by atoms with Gasteiger partial charge in [-0.05, 0) is 61.6 Å². The molecule has 0 unspecified atom stereocenters. The number of carbonyl (C=O) groups excluding carboxylic acids is 2. The van der Waals surface area contributed by atoms with Crippen LogP contribution in [0.2, 0.25) is 0 Å². The van der Waals surface area contributed by atoms with Gasteiger partial charge in [0.25, 0.3) is 5.91 Å². The first-order valence-electron chi connectivity index (χ1n) is 12.2. The Morgan fingerprint density at radius 1 is 0.886 bits per heavy atom. The molecule has 1 N–H and O–H groups in total. The van der Waals surface area contributed by atoms with Crippen molar-refractivity contribution >= 4 is 11.8 Å². The number of aryl methyl sites for hydroxylation is 3. The third kappa shape index (κ3) is 7.71. The lowest BCUT2D eigenvalue weighted by atomic mass is 10.0. The second-order valence-electron chi connectivity index (χ2n) is 9.04. The minimum absolute atomic E-state index is 0.138. The SMILES string of the molecule is CCCNC(=O)[C@H](Cc1ccccc1)N(Cc1ccc(C)cc1)C(=O)COc1ccc(C)c(C)c1. The highest BCUT2D eigenvalue weighted by molar-refractivity contribution is 5.88. The summed E-state index contributed by atoms with van der Waals surface area (Å²) in [6, 6.07) is 23.0. The average molecular weight is 473 g/mol. The number of hydrogen-bond acceptors (Lipinski definition) is 3. The Hall–Kier alpha value is -3.60. The largest absolute Gasteiger partial charge is 0.484 e. The lowest BCUT2D eigenvalue weighted by Gasteiger charge is -2.31. The second kappa shape index (κ2) is 12.7. The molecular weight excluding hydrogens is 436 g/mol. The Kier molecular flexibility index (Phi) is 9.47. The molecule has 0 spiro atoms. The molecular formula is C30H36N2O3. The van der Waals surface area contributed by atoms with E-state index < -0.39 is 6.04 Å². The Morgan fingerprint density at radius 3 is 2.26 bits per heavy atom. The van der Waals surface area contributed by atoms with Crippen LogP contribution < -0.4 is 10.1 Å². The summed E-state index contributed by atoms with van der Waals surface area (Å²) < 4.78 is 5.88. The molecule has 0 bridgehead atoms. The van der Waals surface area contributed by atoms with Crippen molar-refractivity contribution in [1.29, 1.82) is 0 Å². The van der Waals surface area contributed by atoms with Gasteiger partial charge in [0.15, 0.2) is 6.61 Å². The van der Waals surface area contributed by atoms with Gasteiger partial charge >= 0.3 is 0 Å². The summed E-state index contributed by atoms with van der Waals surface area (Å²) in [7, 11) is 0. The molecule has 0 heterocycles. The molecule has 0 saturated heterocycles. The molecule has 0 aliphatic carbocycles. The lowest BCUT2D eigenvalue weighted by Crippen LogP contribution is -2.51. The number of amides is 2. The minimum atomic E-state index is -0.652. The number of nitrogens with one attached hydrogen (secondary N) is 1. The van der Waals surface area contributed by atoms with Crippen LogP contribution in [0.5, 0.6) is 5.75 Å². The molecule has 3 rings (SSSR count). The second-order valence-corrected chi connectivity index (χ2v) is 9.04. The van der Waals surface area contributed by atoms with Gasteiger partial charge in [-0.25, -0.2) is 0 Å². The predicted octanol–water partition coefficient (Wildman–Crippen LogP) is 5.16.